The van der Waals surface area contributed by atoms with Crippen molar-refractivity contribution in [2.45, 2.75) is 95.7 Å². The van der Waals surface area contributed by atoms with Crippen LogP contribution in [0.2, 0.25) is 5.02 Å². The largest absolute Gasteiger partial charge is 0.457 e. The molecule has 0 aliphatic carbocycles. The maximum atomic E-state index is 13.8. The van der Waals surface area contributed by atoms with E-state index < -0.39 is 59.8 Å². The Morgan fingerprint density at radius 1 is 1.30 bits per heavy atom. The van der Waals surface area contributed by atoms with Gasteiger partial charge in [0.25, 0.3) is 0 Å². The Balaban J connectivity index is 1.78. The van der Waals surface area contributed by atoms with Gasteiger partial charge in [-0.15, -0.1) is 0 Å². The van der Waals surface area contributed by atoms with Gasteiger partial charge in [0.15, 0.2) is 5.72 Å². The molecule has 2 fully saturated rings. The summed E-state index contributed by atoms with van der Waals surface area (Å²) in [6.45, 7) is 9.12. The molecule has 4 bridgehead atoms. The number of benzene rings is 1. The number of alkyl carbamates (subject to hydrolysis) is 1. The monoisotopic (exact) mass is 633 g/mol. The predicted molar refractivity (Wildman–Crippen MR) is 165 cm³/mol. The molecule has 3 N–H and O–H groups in total. The van der Waals surface area contributed by atoms with Gasteiger partial charge in [-0.25, -0.2) is 4.79 Å². The van der Waals surface area contributed by atoms with Crippen molar-refractivity contribution in [2.75, 3.05) is 26.1 Å². The van der Waals surface area contributed by atoms with Crippen LogP contribution in [0, 0.1) is 12.8 Å². The number of likely N-dealkylation sites (N-methyl/N-ethyl adjacent to an activating group) is 1. The Kier molecular flexibility index (Phi) is 10.2. The van der Waals surface area contributed by atoms with E-state index in [1.807, 2.05) is 39.0 Å². The fourth-order valence-corrected chi connectivity index (χ4v) is 6.24. The van der Waals surface area contributed by atoms with Crippen LogP contribution in [0.4, 0.5) is 10.5 Å². The minimum atomic E-state index is -1.76. The maximum absolute atomic E-state index is 13.8. The van der Waals surface area contributed by atoms with Gasteiger partial charge in [0.05, 0.1) is 23.2 Å². The molecule has 4 rings (SSSR count). The zero-order chi connectivity index (χ0) is 32.6. The van der Waals surface area contributed by atoms with Crippen molar-refractivity contribution in [3.05, 3.63) is 52.1 Å². The minimum absolute atomic E-state index is 0.00785. The van der Waals surface area contributed by atoms with E-state index in [0.717, 1.165) is 16.7 Å². The summed E-state index contributed by atoms with van der Waals surface area (Å²) in [7, 11) is 4.74. The normalized spacial score (nSPS) is 35.4. The molecule has 1 aromatic carbocycles. The Labute approximate surface area is 263 Å². The number of carbonyl (C=O) groups excluding carboxylic acids is 3. The van der Waals surface area contributed by atoms with Gasteiger partial charge >= 0.3 is 12.1 Å². The number of ether oxygens (including phenoxy) is 4. The first-order valence-electron chi connectivity index (χ1n) is 14.8. The zero-order valence-corrected chi connectivity index (χ0v) is 27.4. The SMILES string of the molecule is CN[C@@H](C)C(=O)O[C@H]1CC(=O)N(C)c2cc(cc(C)c2Cl)C/C(C)=C/C=C/[C@@H](OC)[C@@]2(O)C[C@H](OC(=O)N2)[C@@H](C)C2O[C@]21C. The number of carbonyl (C=O) groups is 3. The number of rotatable bonds is 4. The lowest BCUT2D eigenvalue weighted by Gasteiger charge is -2.42. The number of aryl methyl sites for hydroxylation is 1. The third-order valence-corrected chi connectivity index (χ3v) is 9.48. The lowest BCUT2D eigenvalue weighted by Crippen LogP contribution is -2.63. The number of methoxy groups -OCH3 is 1. The molecule has 12 heteroatoms. The number of hydrogen-bond donors (Lipinski definition) is 3. The molecule has 0 spiro atoms. The molecule has 3 aliphatic heterocycles. The van der Waals surface area contributed by atoms with Gasteiger partial charge in [-0.05, 0) is 58.4 Å². The van der Waals surface area contributed by atoms with E-state index in [1.54, 1.807) is 40.1 Å². The number of anilines is 1. The third kappa shape index (κ3) is 6.97. The van der Waals surface area contributed by atoms with Crippen LogP contribution in [0.1, 0.15) is 51.7 Å². The van der Waals surface area contributed by atoms with Crippen LogP contribution in [0.15, 0.2) is 35.9 Å². The number of epoxide rings is 1. The van der Waals surface area contributed by atoms with Crippen LogP contribution in [-0.2, 0) is 35.0 Å². The van der Waals surface area contributed by atoms with Crippen molar-refractivity contribution in [3.8, 4) is 0 Å². The molecule has 0 saturated carbocycles. The van der Waals surface area contributed by atoms with Gasteiger partial charge in [0.1, 0.15) is 30.0 Å². The van der Waals surface area contributed by atoms with Crippen LogP contribution in [0.25, 0.3) is 0 Å². The molecule has 1 aromatic rings. The fourth-order valence-electron chi connectivity index (χ4n) is 6.00. The third-order valence-electron chi connectivity index (χ3n) is 8.99. The Morgan fingerprint density at radius 3 is 2.66 bits per heavy atom. The number of nitrogens with one attached hydrogen (secondary N) is 2. The second-order valence-corrected chi connectivity index (χ2v) is 12.7. The van der Waals surface area contributed by atoms with Gasteiger partial charge in [-0.1, -0.05) is 48.4 Å². The van der Waals surface area contributed by atoms with Crippen molar-refractivity contribution in [1.82, 2.24) is 10.6 Å². The Bertz CT molecular complexity index is 1350. The van der Waals surface area contributed by atoms with Crippen molar-refractivity contribution < 1.29 is 38.4 Å². The van der Waals surface area contributed by atoms with Gasteiger partial charge in [0.2, 0.25) is 5.91 Å². The first-order valence-corrected chi connectivity index (χ1v) is 15.2. The number of nitrogens with zero attached hydrogens (tertiary/aromatic N) is 1. The second-order valence-electron chi connectivity index (χ2n) is 12.3. The van der Waals surface area contributed by atoms with E-state index in [-0.39, 0.29) is 18.7 Å². The molecule has 242 valence electrons. The van der Waals surface area contributed by atoms with Crippen molar-refractivity contribution in [2.24, 2.45) is 5.92 Å². The number of aliphatic hydroxyl groups is 1. The lowest BCUT2D eigenvalue weighted by atomic mass is 9.83. The van der Waals surface area contributed by atoms with E-state index in [9.17, 15) is 19.5 Å². The molecule has 2 amide bonds. The molecular formula is C32H44ClN3O8. The molecule has 0 radical (unpaired) electrons. The van der Waals surface area contributed by atoms with Crippen molar-refractivity contribution in [3.63, 3.8) is 0 Å². The summed E-state index contributed by atoms with van der Waals surface area (Å²) < 4.78 is 23.3. The average Bonchev–Trinajstić information content (AvgIpc) is 3.66. The molecule has 3 heterocycles. The molecule has 11 nitrogen and oxygen atoms in total. The van der Waals surface area contributed by atoms with Crippen LogP contribution in [-0.4, -0.2) is 86.1 Å². The topological polar surface area (TPSA) is 139 Å². The summed E-state index contributed by atoms with van der Waals surface area (Å²) in [6, 6.07) is 3.23. The van der Waals surface area contributed by atoms with Gasteiger partial charge in [-0.2, -0.15) is 0 Å². The maximum Gasteiger partial charge on any atom is 0.409 e. The average molecular weight is 634 g/mol. The summed E-state index contributed by atoms with van der Waals surface area (Å²) in [5.74, 6) is -1.29. The van der Waals surface area contributed by atoms with E-state index >= 15 is 0 Å². The minimum Gasteiger partial charge on any atom is -0.457 e. The summed E-state index contributed by atoms with van der Waals surface area (Å²) in [6.07, 6.45) is 1.81. The molecule has 3 aliphatic rings. The summed E-state index contributed by atoms with van der Waals surface area (Å²) >= 11 is 6.70. The highest BCUT2D eigenvalue weighted by Gasteiger charge is 2.64. The van der Waals surface area contributed by atoms with Crippen LogP contribution in [0.3, 0.4) is 0 Å². The van der Waals surface area contributed by atoms with E-state index in [4.69, 9.17) is 30.5 Å². The quantitative estimate of drug-likeness (QED) is 0.335. The van der Waals surface area contributed by atoms with E-state index in [0.29, 0.717) is 17.1 Å². The standard InChI is InChI=1S/C32H44ClN3O8/c1-17-10-9-11-24(41-8)32(40)16-23(42-30(39)35-32)19(3)28-31(5,44-28)25(43-29(38)20(4)34-6)15-26(37)36(7)22-14-21(12-17)13-18(2)27(22)33/h9-11,13-14,19-20,23-25,28,34,40H,12,15-16H2,1-8H3,(H,35,39)/b11-9+,17-10+/t19-,20+,23+,24-,25+,28?,31+,32+/m1/s1. The molecule has 0 aromatic heterocycles. The van der Waals surface area contributed by atoms with Crippen molar-refractivity contribution >= 4 is 35.3 Å². The zero-order valence-electron chi connectivity index (χ0n) is 26.6. The number of amides is 2. The first kappa shape index (κ1) is 33.9. The molecule has 44 heavy (non-hydrogen) atoms. The van der Waals surface area contributed by atoms with E-state index in [2.05, 4.69) is 10.6 Å². The first-order chi connectivity index (χ1) is 20.6. The number of esters is 1. The predicted octanol–water partition coefficient (Wildman–Crippen LogP) is 3.58. The van der Waals surface area contributed by atoms with Crippen LogP contribution in [0.5, 0.6) is 0 Å². The number of hydrogen-bond acceptors (Lipinski definition) is 9. The van der Waals surface area contributed by atoms with Gasteiger partial charge < -0.3 is 34.3 Å². The fraction of sp³-hybridized carbons (Fsp3) is 0.594. The van der Waals surface area contributed by atoms with Crippen LogP contribution < -0.4 is 15.5 Å². The Hall–Kier alpha value is -2.96. The van der Waals surface area contributed by atoms with Gasteiger partial charge in [0, 0.05) is 26.5 Å². The molecule has 1 unspecified atom stereocenters. The Morgan fingerprint density at radius 2 is 2.00 bits per heavy atom. The highest BCUT2D eigenvalue weighted by molar-refractivity contribution is 6.34. The number of allylic oxidation sites excluding steroid dienone is 3. The smallest absolute Gasteiger partial charge is 0.409 e. The molecule has 2 saturated heterocycles. The van der Waals surface area contributed by atoms with Crippen LogP contribution >= 0.6 is 11.6 Å². The van der Waals surface area contributed by atoms with Crippen molar-refractivity contribution in [1.29, 1.82) is 0 Å². The highest BCUT2D eigenvalue weighted by atomic mass is 35.5. The highest BCUT2D eigenvalue weighted by Crippen LogP contribution is 2.49. The lowest BCUT2D eigenvalue weighted by molar-refractivity contribution is -0.155. The molecular weight excluding hydrogens is 590 g/mol. The summed E-state index contributed by atoms with van der Waals surface area (Å²) in [4.78, 5) is 40.9. The van der Waals surface area contributed by atoms with Gasteiger partial charge in [-0.3, -0.25) is 14.9 Å². The second kappa shape index (κ2) is 13.2. The summed E-state index contributed by atoms with van der Waals surface area (Å²) in [5.41, 5.74) is 0.475. The molecule has 8 atom stereocenters. The number of fused-ring (bicyclic) bond motifs is 5. The van der Waals surface area contributed by atoms with E-state index in [1.165, 1.54) is 12.0 Å². The summed E-state index contributed by atoms with van der Waals surface area (Å²) in [5, 5.41) is 17.4. The number of halogens is 1.